The third-order valence-corrected chi connectivity index (χ3v) is 4.59. The molecule has 0 aliphatic rings. The number of halogens is 1. The fourth-order valence-corrected chi connectivity index (χ4v) is 3.13. The van der Waals surface area contributed by atoms with E-state index in [0.29, 0.717) is 11.4 Å². The number of carbonyl (C=O) groups excluding carboxylic acids is 2. The molecule has 29 heavy (non-hydrogen) atoms. The van der Waals surface area contributed by atoms with Gasteiger partial charge in [-0.25, -0.2) is 4.68 Å². The summed E-state index contributed by atoms with van der Waals surface area (Å²) in [5, 5.41) is 13.7. The van der Waals surface area contributed by atoms with Crippen LogP contribution in [-0.4, -0.2) is 40.5 Å². The molecule has 0 aliphatic carbocycles. The van der Waals surface area contributed by atoms with Crippen molar-refractivity contribution in [1.29, 1.82) is 0 Å². The highest BCUT2D eigenvalue weighted by molar-refractivity contribution is 9.10. The molecule has 2 amide bonds. The summed E-state index contributed by atoms with van der Waals surface area (Å²) >= 11 is 3.43. The van der Waals surface area contributed by atoms with Crippen molar-refractivity contribution in [3.8, 4) is 5.69 Å². The standard InChI is InChI=1S/C20H20BrN5O3/c1-13-19(24-25-26(13)17-8-4-6-15(21)10-17)20(28)22-11-14-5-3-7-16(9-14)23-18(27)12-29-2/h3-10H,11-12H2,1-2H3,(H,22,28)(H,23,27). The van der Waals surface area contributed by atoms with E-state index in [2.05, 4.69) is 36.9 Å². The number of aromatic nitrogens is 3. The van der Waals surface area contributed by atoms with E-state index in [0.717, 1.165) is 15.7 Å². The molecule has 0 unspecified atom stereocenters. The van der Waals surface area contributed by atoms with Crippen LogP contribution in [0.3, 0.4) is 0 Å². The van der Waals surface area contributed by atoms with Gasteiger partial charge in [0, 0.05) is 23.8 Å². The van der Waals surface area contributed by atoms with Crippen molar-refractivity contribution < 1.29 is 14.3 Å². The summed E-state index contributed by atoms with van der Waals surface area (Å²) in [5.74, 6) is -0.564. The van der Waals surface area contributed by atoms with Crippen molar-refractivity contribution in [3.05, 3.63) is 70.0 Å². The number of amides is 2. The highest BCUT2D eigenvalue weighted by Crippen LogP contribution is 2.17. The Morgan fingerprint density at radius 2 is 1.97 bits per heavy atom. The van der Waals surface area contributed by atoms with Gasteiger partial charge in [0.2, 0.25) is 5.91 Å². The van der Waals surface area contributed by atoms with E-state index in [-0.39, 0.29) is 30.7 Å². The SMILES string of the molecule is COCC(=O)Nc1cccc(CNC(=O)c2nnn(-c3cccc(Br)c3)c2C)c1. The van der Waals surface area contributed by atoms with Crippen LogP contribution in [-0.2, 0) is 16.1 Å². The first-order chi connectivity index (χ1) is 14.0. The van der Waals surface area contributed by atoms with E-state index >= 15 is 0 Å². The van der Waals surface area contributed by atoms with E-state index in [1.165, 1.54) is 7.11 Å². The van der Waals surface area contributed by atoms with E-state index in [1.807, 2.05) is 30.3 Å². The number of methoxy groups -OCH3 is 1. The molecule has 0 saturated carbocycles. The molecular weight excluding hydrogens is 438 g/mol. The zero-order valence-corrected chi connectivity index (χ0v) is 17.6. The van der Waals surface area contributed by atoms with E-state index < -0.39 is 0 Å². The van der Waals surface area contributed by atoms with Gasteiger partial charge in [0.1, 0.15) is 6.61 Å². The van der Waals surface area contributed by atoms with Crippen LogP contribution in [0.15, 0.2) is 53.0 Å². The molecule has 0 atom stereocenters. The molecule has 3 rings (SSSR count). The average molecular weight is 458 g/mol. The molecule has 0 bridgehead atoms. The minimum Gasteiger partial charge on any atom is -0.375 e. The van der Waals surface area contributed by atoms with Crippen molar-refractivity contribution in [2.75, 3.05) is 19.0 Å². The Hall–Kier alpha value is -3.04. The van der Waals surface area contributed by atoms with Gasteiger partial charge in [0.15, 0.2) is 5.69 Å². The Kier molecular flexibility index (Phi) is 6.73. The predicted octanol–water partition coefficient (Wildman–Crippen LogP) is 2.85. The molecule has 1 aromatic heterocycles. The van der Waals surface area contributed by atoms with Crippen LogP contribution in [0.1, 0.15) is 21.7 Å². The van der Waals surface area contributed by atoms with Crippen LogP contribution >= 0.6 is 15.9 Å². The monoisotopic (exact) mass is 457 g/mol. The maximum Gasteiger partial charge on any atom is 0.274 e. The zero-order chi connectivity index (χ0) is 20.8. The number of hydrogen-bond acceptors (Lipinski definition) is 5. The topological polar surface area (TPSA) is 98.1 Å². The number of carbonyl (C=O) groups is 2. The smallest absolute Gasteiger partial charge is 0.274 e. The number of ether oxygens (including phenoxy) is 1. The van der Waals surface area contributed by atoms with Crippen molar-refractivity contribution in [2.24, 2.45) is 0 Å². The highest BCUT2D eigenvalue weighted by atomic mass is 79.9. The summed E-state index contributed by atoms with van der Waals surface area (Å²) in [5.41, 5.74) is 3.18. The normalized spacial score (nSPS) is 10.6. The molecule has 150 valence electrons. The lowest BCUT2D eigenvalue weighted by molar-refractivity contribution is -0.119. The van der Waals surface area contributed by atoms with Gasteiger partial charge in [-0.1, -0.05) is 39.3 Å². The molecule has 2 aromatic carbocycles. The fraction of sp³-hybridized carbons (Fsp3) is 0.200. The quantitative estimate of drug-likeness (QED) is 0.568. The van der Waals surface area contributed by atoms with Crippen LogP contribution in [0.5, 0.6) is 0 Å². The Balaban J connectivity index is 1.67. The second-order valence-corrected chi connectivity index (χ2v) is 7.20. The van der Waals surface area contributed by atoms with Gasteiger partial charge in [-0.05, 0) is 42.8 Å². The molecule has 3 aromatic rings. The van der Waals surface area contributed by atoms with E-state index in [9.17, 15) is 9.59 Å². The molecule has 8 nitrogen and oxygen atoms in total. The number of nitrogens with zero attached hydrogens (tertiary/aromatic N) is 3. The largest absolute Gasteiger partial charge is 0.375 e. The summed E-state index contributed by atoms with van der Waals surface area (Å²) in [6.45, 7) is 2.06. The van der Waals surface area contributed by atoms with E-state index in [4.69, 9.17) is 4.74 Å². The molecule has 0 saturated heterocycles. The maximum absolute atomic E-state index is 12.6. The Morgan fingerprint density at radius 1 is 1.17 bits per heavy atom. The number of rotatable bonds is 7. The lowest BCUT2D eigenvalue weighted by atomic mass is 10.2. The maximum atomic E-state index is 12.6. The highest BCUT2D eigenvalue weighted by Gasteiger charge is 2.17. The third-order valence-electron chi connectivity index (χ3n) is 4.10. The second kappa shape index (κ2) is 9.44. The average Bonchev–Trinajstić information content (AvgIpc) is 3.08. The lowest BCUT2D eigenvalue weighted by Gasteiger charge is -2.08. The summed E-state index contributed by atoms with van der Waals surface area (Å²) in [4.78, 5) is 24.2. The minimum absolute atomic E-state index is 0.0200. The molecule has 9 heteroatoms. The van der Waals surface area contributed by atoms with Gasteiger partial charge < -0.3 is 15.4 Å². The molecular formula is C20H20BrN5O3. The number of benzene rings is 2. The molecule has 0 fully saturated rings. The van der Waals surface area contributed by atoms with Crippen LogP contribution in [0.4, 0.5) is 5.69 Å². The van der Waals surface area contributed by atoms with Gasteiger partial charge in [-0.15, -0.1) is 5.10 Å². The van der Waals surface area contributed by atoms with Gasteiger partial charge in [0.05, 0.1) is 11.4 Å². The molecule has 2 N–H and O–H groups in total. The first-order valence-electron chi connectivity index (χ1n) is 8.82. The van der Waals surface area contributed by atoms with Gasteiger partial charge in [-0.2, -0.15) is 0 Å². The van der Waals surface area contributed by atoms with Gasteiger partial charge >= 0.3 is 0 Å². The van der Waals surface area contributed by atoms with Gasteiger partial charge in [-0.3, -0.25) is 9.59 Å². The summed E-state index contributed by atoms with van der Waals surface area (Å²) < 4.78 is 7.33. The van der Waals surface area contributed by atoms with Crippen LogP contribution in [0, 0.1) is 6.92 Å². The minimum atomic E-state index is -0.322. The summed E-state index contributed by atoms with van der Waals surface area (Å²) in [6, 6.07) is 14.8. The Bertz CT molecular complexity index is 1030. The molecule has 0 aliphatic heterocycles. The van der Waals surface area contributed by atoms with E-state index in [1.54, 1.807) is 29.8 Å². The number of nitrogens with one attached hydrogen (secondary N) is 2. The van der Waals surface area contributed by atoms with Crippen LogP contribution < -0.4 is 10.6 Å². The van der Waals surface area contributed by atoms with Gasteiger partial charge in [0.25, 0.3) is 5.91 Å². The second-order valence-electron chi connectivity index (χ2n) is 6.28. The Labute approximate surface area is 176 Å². The van der Waals surface area contributed by atoms with Crippen molar-refractivity contribution in [3.63, 3.8) is 0 Å². The Morgan fingerprint density at radius 3 is 2.72 bits per heavy atom. The first kappa shape index (κ1) is 20.7. The lowest BCUT2D eigenvalue weighted by Crippen LogP contribution is -2.24. The first-order valence-corrected chi connectivity index (χ1v) is 9.61. The predicted molar refractivity (Wildman–Crippen MR) is 112 cm³/mol. The molecule has 1 heterocycles. The van der Waals surface area contributed by atoms with Crippen LogP contribution in [0.2, 0.25) is 0 Å². The van der Waals surface area contributed by atoms with Crippen LogP contribution in [0.25, 0.3) is 5.69 Å². The zero-order valence-electron chi connectivity index (χ0n) is 16.0. The number of anilines is 1. The van der Waals surface area contributed by atoms with Crippen molar-refractivity contribution in [2.45, 2.75) is 13.5 Å². The third kappa shape index (κ3) is 5.27. The molecule has 0 radical (unpaired) electrons. The summed E-state index contributed by atoms with van der Waals surface area (Å²) in [7, 11) is 1.46. The van der Waals surface area contributed by atoms with Crippen molar-refractivity contribution in [1.82, 2.24) is 20.3 Å². The van der Waals surface area contributed by atoms with Crippen molar-refractivity contribution >= 4 is 33.4 Å². The number of hydrogen-bond donors (Lipinski definition) is 2. The fourth-order valence-electron chi connectivity index (χ4n) is 2.75. The molecule has 0 spiro atoms. The summed E-state index contributed by atoms with van der Waals surface area (Å²) in [6.07, 6.45) is 0.